The van der Waals surface area contributed by atoms with Crippen molar-refractivity contribution in [2.24, 2.45) is 0 Å². The number of hydrogen-bond acceptors (Lipinski definition) is 5. The molecule has 1 aromatic heterocycles. The molecule has 1 aliphatic heterocycles. The highest BCUT2D eigenvalue weighted by Crippen LogP contribution is 2.21. The highest BCUT2D eigenvalue weighted by atomic mass is 32.2. The summed E-state index contributed by atoms with van der Waals surface area (Å²) in [7, 11) is -2.22. The van der Waals surface area contributed by atoms with E-state index in [0.29, 0.717) is 37.6 Å². The third kappa shape index (κ3) is 4.42. The van der Waals surface area contributed by atoms with Crippen LogP contribution in [0.4, 0.5) is 4.39 Å². The summed E-state index contributed by atoms with van der Waals surface area (Å²) < 4.78 is 50.6. The summed E-state index contributed by atoms with van der Waals surface area (Å²) in [6.07, 6.45) is 3.82. The van der Waals surface area contributed by atoms with E-state index in [1.165, 1.54) is 28.6 Å². The SMILES string of the molecule is COc1ccc(-n2ccn(CN3CCN(S(=O)(=O)c4ccccc4F)CC3)c2=S)cc1. The van der Waals surface area contributed by atoms with E-state index in [9.17, 15) is 12.8 Å². The van der Waals surface area contributed by atoms with Gasteiger partial charge >= 0.3 is 0 Å². The first-order valence-electron chi connectivity index (χ1n) is 9.79. The number of imidazole rings is 1. The van der Waals surface area contributed by atoms with Gasteiger partial charge in [0.15, 0.2) is 4.77 Å². The van der Waals surface area contributed by atoms with Crippen LogP contribution in [0.1, 0.15) is 0 Å². The molecule has 4 rings (SSSR count). The minimum Gasteiger partial charge on any atom is -0.497 e. The van der Waals surface area contributed by atoms with Crippen molar-refractivity contribution in [3.63, 3.8) is 0 Å². The van der Waals surface area contributed by atoms with Gasteiger partial charge in [0.1, 0.15) is 16.5 Å². The Morgan fingerprint density at radius 3 is 2.32 bits per heavy atom. The molecule has 2 heterocycles. The summed E-state index contributed by atoms with van der Waals surface area (Å²) in [6, 6.07) is 13.1. The van der Waals surface area contributed by atoms with Gasteiger partial charge in [-0.05, 0) is 48.6 Å². The first-order valence-corrected chi connectivity index (χ1v) is 11.6. The lowest BCUT2D eigenvalue weighted by Crippen LogP contribution is -2.48. The second-order valence-corrected chi connectivity index (χ2v) is 9.48. The summed E-state index contributed by atoms with van der Waals surface area (Å²) in [5.74, 6) is 0.0500. The minimum absolute atomic E-state index is 0.276. The van der Waals surface area contributed by atoms with Crippen molar-refractivity contribution in [2.45, 2.75) is 11.6 Å². The van der Waals surface area contributed by atoms with E-state index >= 15 is 0 Å². The van der Waals surface area contributed by atoms with Gasteiger partial charge in [-0.3, -0.25) is 9.47 Å². The van der Waals surface area contributed by atoms with Gasteiger partial charge in [0.25, 0.3) is 0 Å². The van der Waals surface area contributed by atoms with Crippen LogP contribution < -0.4 is 4.74 Å². The lowest BCUT2D eigenvalue weighted by atomic mass is 10.3. The zero-order chi connectivity index (χ0) is 22.0. The fraction of sp³-hybridized carbons (Fsp3) is 0.286. The average Bonchev–Trinajstić information content (AvgIpc) is 3.14. The van der Waals surface area contributed by atoms with Crippen molar-refractivity contribution in [1.29, 1.82) is 0 Å². The van der Waals surface area contributed by atoms with Crippen molar-refractivity contribution < 1.29 is 17.5 Å². The van der Waals surface area contributed by atoms with E-state index in [0.717, 1.165) is 11.4 Å². The third-order valence-corrected chi connectivity index (χ3v) is 7.70. The van der Waals surface area contributed by atoms with Crippen LogP contribution in [0.3, 0.4) is 0 Å². The number of nitrogens with zero attached hydrogens (tertiary/aromatic N) is 4. The first-order chi connectivity index (χ1) is 14.9. The smallest absolute Gasteiger partial charge is 0.246 e. The van der Waals surface area contributed by atoms with Crippen molar-refractivity contribution in [2.75, 3.05) is 33.3 Å². The summed E-state index contributed by atoms with van der Waals surface area (Å²) in [6.45, 7) is 2.20. The lowest BCUT2D eigenvalue weighted by Gasteiger charge is -2.34. The summed E-state index contributed by atoms with van der Waals surface area (Å²) in [4.78, 5) is 1.85. The van der Waals surface area contributed by atoms with Gasteiger partial charge in [0, 0.05) is 44.3 Å². The Hall–Kier alpha value is -2.53. The molecule has 164 valence electrons. The van der Waals surface area contributed by atoms with E-state index in [2.05, 4.69) is 4.90 Å². The van der Waals surface area contributed by atoms with Gasteiger partial charge in [-0.1, -0.05) is 12.1 Å². The van der Waals surface area contributed by atoms with Crippen LogP contribution >= 0.6 is 12.2 Å². The van der Waals surface area contributed by atoms with Gasteiger partial charge in [0.05, 0.1) is 13.8 Å². The number of methoxy groups -OCH3 is 1. The maximum Gasteiger partial charge on any atom is 0.246 e. The molecule has 7 nitrogen and oxygen atoms in total. The normalized spacial score (nSPS) is 15.8. The number of halogens is 1. The molecule has 1 fully saturated rings. The predicted octanol–water partition coefficient (Wildman–Crippen LogP) is 3.12. The fourth-order valence-corrected chi connectivity index (χ4v) is 5.35. The molecule has 0 aliphatic carbocycles. The fourth-order valence-electron chi connectivity index (χ4n) is 3.58. The standard InChI is InChI=1S/C21H23FN4O3S2/c1-29-18-8-6-17(7-9-18)26-15-12-24(21(26)30)16-23-10-13-25(14-11-23)31(27,28)20-5-3-2-4-19(20)22/h2-9,12,15H,10-11,13-14,16H2,1H3. The van der Waals surface area contributed by atoms with Gasteiger partial charge in [0.2, 0.25) is 10.0 Å². The maximum absolute atomic E-state index is 14.0. The molecule has 0 saturated carbocycles. The maximum atomic E-state index is 14.0. The monoisotopic (exact) mass is 462 g/mol. The van der Waals surface area contributed by atoms with E-state index in [-0.39, 0.29) is 4.90 Å². The number of ether oxygens (including phenoxy) is 1. The molecule has 31 heavy (non-hydrogen) atoms. The molecule has 10 heteroatoms. The molecule has 0 atom stereocenters. The van der Waals surface area contributed by atoms with Crippen LogP contribution in [0.2, 0.25) is 0 Å². The number of sulfonamides is 1. The number of hydrogen-bond donors (Lipinski definition) is 0. The molecule has 0 unspecified atom stereocenters. The zero-order valence-electron chi connectivity index (χ0n) is 17.0. The van der Waals surface area contributed by atoms with Gasteiger partial charge < -0.3 is 9.30 Å². The predicted molar refractivity (Wildman–Crippen MR) is 118 cm³/mol. The third-order valence-electron chi connectivity index (χ3n) is 5.34. The average molecular weight is 463 g/mol. The van der Waals surface area contributed by atoms with Crippen LogP contribution in [-0.4, -0.2) is 60.0 Å². The number of aromatic nitrogens is 2. The lowest BCUT2D eigenvalue weighted by molar-refractivity contribution is 0.151. The van der Waals surface area contributed by atoms with Crippen LogP contribution in [0.5, 0.6) is 5.75 Å². The van der Waals surface area contributed by atoms with Crippen molar-refractivity contribution in [1.82, 2.24) is 18.3 Å². The Labute approximate surface area is 185 Å². The Kier molecular flexibility index (Phi) is 6.24. The Morgan fingerprint density at radius 1 is 1.00 bits per heavy atom. The number of benzene rings is 2. The van der Waals surface area contributed by atoms with Gasteiger partial charge in [-0.2, -0.15) is 4.31 Å². The van der Waals surface area contributed by atoms with E-state index in [4.69, 9.17) is 17.0 Å². The molecular formula is C21H23FN4O3S2. The molecular weight excluding hydrogens is 439 g/mol. The Morgan fingerprint density at radius 2 is 1.68 bits per heavy atom. The van der Waals surface area contributed by atoms with Crippen LogP contribution in [0.15, 0.2) is 65.8 Å². The zero-order valence-corrected chi connectivity index (χ0v) is 18.7. The van der Waals surface area contributed by atoms with Crippen LogP contribution in [0, 0.1) is 10.6 Å². The van der Waals surface area contributed by atoms with Gasteiger partial charge in [-0.25, -0.2) is 12.8 Å². The van der Waals surface area contributed by atoms with E-state index in [1.807, 2.05) is 45.8 Å². The van der Waals surface area contributed by atoms with E-state index in [1.54, 1.807) is 7.11 Å². The first kappa shape index (κ1) is 21.7. The molecule has 0 bridgehead atoms. The molecule has 2 aromatic carbocycles. The number of rotatable bonds is 6. The topological polar surface area (TPSA) is 59.7 Å². The second-order valence-electron chi connectivity index (χ2n) is 7.21. The van der Waals surface area contributed by atoms with Crippen LogP contribution in [0.25, 0.3) is 5.69 Å². The van der Waals surface area contributed by atoms with Crippen molar-refractivity contribution in [3.05, 3.63) is 71.5 Å². The Balaban J connectivity index is 1.42. The highest BCUT2D eigenvalue weighted by Gasteiger charge is 2.30. The summed E-state index contributed by atoms with van der Waals surface area (Å²) in [5.41, 5.74) is 0.936. The van der Waals surface area contributed by atoms with Crippen molar-refractivity contribution in [3.8, 4) is 11.4 Å². The van der Waals surface area contributed by atoms with Gasteiger partial charge in [-0.15, -0.1) is 0 Å². The minimum atomic E-state index is -3.84. The Bertz CT molecular complexity index is 1210. The molecule has 1 saturated heterocycles. The highest BCUT2D eigenvalue weighted by molar-refractivity contribution is 7.89. The molecule has 3 aromatic rings. The summed E-state index contributed by atoms with van der Waals surface area (Å²) >= 11 is 5.62. The summed E-state index contributed by atoms with van der Waals surface area (Å²) in [5, 5.41) is 0. The van der Waals surface area contributed by atoms with E-state index < -0.39 is 15.8 Å². The quantitative estimate of drug-likeness (QED) is 0.527. The largest absolute Gasteiger partial charge is 0.497 e. The molecule has 0 radical (unpaired) electrons. The van der Waals surface area contributed by atoms with Crippen LogP contribution in [-0.2, 0) is 16.7 Å². The molecule has 1 aliphatic rings. The van der Waals surface area contributed by atoms with Crippen molar-refractivity contribution >= 4 is 22.2 Å². The molecule has 0 amide bonds. The molecule has 0 N–H and O–H groups in total. The number of piperazine rings is 1. The second kappa shape index (κ2) is 8.91. The molecule has 0 spiro atoms.